The van der Waals surface area contributed by atoms with Gasteiger partial charge in [0, 0.05) is 21.8 Å². The maximum absolute atomic E-state index is 11.8. The van der Waals surface area contributed by atoms with E-state index < -0.39 is 0 Å². The van der Waals surface area contributed by atoms with Crippen LogP contribution in [-0.4, -0.2) is 5.78 Å². The van der Waals surface area contributed by atoms with Crippen LogP contribution in [0.15, 0.2) is 22.7 Å². The van der Waals surface area contributed by atoms with E-state index in [-0.39, 0.29) is 5.92 Å². The largest absolute Gasteiger partial charge is 0.299 e. The van der Waals surface area contributed by atoms with Crippen molar-refractivity contribution >= 4 is 33.3 Å². The molecule has 1 saturated carbocycles. The molecule has 2 rings (SSSR count). The van der Waals surface area contributed by atoms with Crippen LogP contribution in [0.4, 0.5) is 0 Å². The minimum Gasteiger partial charge on any atom is -0.299 e. The van der Waals surface area contributed by atoms with Crippen LogP contribution in [0.1, 0.15) is 18.9 Å². The van der Waals surface area contributed by atoms with Crippen molar-refractivity contribution in [3.63, 3.8) is 0 Å². The monoisotopic (exact) mass is 286 g/mol. The number of carbonyl (C=O) groups is 1. The topological polar surface area (TPSA) is 17.1 Å². The molecule has 0 spiro atoms. The molecule has 15 heavy (non-hydrogen) atoms. The molecule has 1 fully saturated rings. The lowest BCUT2D eigenvalue weighted by atomic mass is 10.1. The molecule has 1 aromatic carbocycles. The predicted octanol–water partition coefficient (Wildman–Crippen LogP) is 3.87. The van der Waals surface area contributed by atoms with Crippen molar-refractivity contribution in [3.8, 4) is 0 Å². The van der Waals surface area contributed by atoms with E-state index in [0.717, 1.165) is 16.5 Å². The first-order valence-electron chi connectivity index (χ1n) is 5.04. The zero-order valence-corrected chi connectivity index (χ0v) is 10.8. The first-order valence-corrected chi connectivity index (χ1v) is 6.21. The normalized spacial score (nSPS) is 23.9. The Morgan fingerprint density at radius 1 is 1.60 bits per heavy atom. The van der Waals surface area contributed by atoms with Gasteiger partial charge in [-0.15, -0.1) is 0 Å². The molecule has 1 aromatic rings. The summed E-state index contributed by atoms with van der Waals surface area (Å²) < 4.78 is 0.948. The minimum absolute atomic E-state index is 0.282. The van der Waals surface area contributed by atoms with Crippen LogP contribution in [0.25, 0.3) is 0 Å². The first kappa shape index (κ1) is 11.2. The average molecular weight is 288 g/mol. The molecule has 0 N–H and O–H groups in total. The van der Waals surface area contributed by atoms with Gasteiger partial charge in [0.2, 0.25) is 0 Å². The van der Waals surface area contributed by atoms with Gasteiger partial charge in [0.1, 0.15) is 5.78 Å². The van der Waals surface area contributed by atoms with Gasteiger partial charge in [-0.25, -0.2) is 0 Å². The van der Waals surface area contributed by atoms with E-state index in [4.69, 9.17) is 11.6 Å². The Balaban J connectivity index is 2.07. The van der Waals surface area contributed by atoms with Gasteiger partial charge in [-0.05, 0) is 30.0 Å². The van der Waals surface area contributed by atoms with Crippen molar-refractivity contribution in [1.82, 2.24) is 0 Å². The lowest BCUT2D eigenvalue weighted by Crippen LogP contribution is -2.06. The fourth-order valence-electron chi connectivity index (χ4n) is 1.75. The third-order valence-corrected chi connectivity index (χ3v) is 3.75. The highest BCUT2D eigenvalue weighted by Gasteiger charge is 2.38. The molecule has 0 bridgehead atoms. The molecule has 0 radical (unpaired) electrons. The summed E-state index contributed by atoms with van der Waals surface area (Å²) >= 11 is 9.40. The quantitative estimate of drug-likeness (QED) is 0.825. The van der Waals surface area contributed by atoms with Gasteiger partial charge < -0.3 is 0 Å². The van der Waals surface area contributed by atoms with Crippen molar-refractivity contribution in [3.05, 3.63) is 33.3 Å². The Morgan fingerprint density at radius 2 is 2.27 bits per heavy atom. The molecule has 1 nitrogen and oxygen atoms in total. The van der Waals surface area contributed by atoms with Crippen molar-refractivity contribution in [1.29, 1.82) is 0 Å². The predicted molar refractivity (Wildman–Crippen MR) is 65.1 cm³/mol. The van der Waals surface area contributed by atoms with Crippen LogP contribution in [0.2, 0.25) is 5.02 Å². The van der Waals surface area contributed by atoms with Crippen molar-refractivity contribution in [2.45, 2.75) is 19.8 Å². The zero-order chi connectivity index (χ0) is 11.0. The minimum atomic E-state index is 0.282. The summed E-state index contributed by atoms with van der Waals surface area (Å²) in [6.07, 6.45) is 1.52. The van der Waals surface area contributed by atoms with Gasteiger partial charge in [-0.1, -0.05) is 40.5 Å². The molecule has 0 heterocycles. The van der Waals surface area contributed by atoms with Gasteiger partial charge in [-0.2, -0.15) is 0 Å². The maximum Gasteiger partial charge on any atom is 0.140 e. The second kappa shape index (κ2) is 4.26. The van der Waals surface area contributed by atoms with E-state index in [1.165, 1.54) is 0 Å². The average Bonchev–Trinajstić information content (AvgIpc) is 2.88. The lowest BCUT2D eigenvalue weighted by Gasteiger charge is -2.03. The molecular weight excluding hydrogens is 275 g/mol. The molecule has 0 saturated heterocycles. The van der Waals surface area contributed by atoms with Crippen molar-refractivity contribution in [2.24, 2.45) is 11.8 Å². The van der Waals surface area contributed by atoms with Crippen LogP contribution in [0.5, 0.6) is 0 Å². The maximum atomic E-state index is 11.8. The third kappa shape index (κ3) is 2.61. The van der Waals surface area contributed by atoms with Gasteiger partial charge in [0.15, 0.2) is 0 Å². The van der Waals surface area contributed by atoms with E-state index in [2.05, 4.69) is 22.9 Å². The van der Waals surface area contributed by atoms with Gasteiger partial charge in [0.25, 0.3) is 0 Å². The Bertz CT molecular complexity index is 403. The molecule has 0 aromatic heterocycles. The van der Waals surface area contributed by atoms with Crippen LogP contribution >= 0.6 is 27.5 Å². The number of rotatable bonds is 3. The molecule has 80 valence electrons. The number of Topliss-reactive ketones (excluding diaryl/α,β-unsaturated/α-hetero) is 1. The molecule has 2 unspecified atom stereocenters. The standard InChI is InChI=1S/C12H12BrClO/c1-7-4-10(7)12(15)5-8-2-3-9(13)6-11(8)14/h2-3,6-7,10H,4-5H2,1H3. The van der Waals surface area contributed by atoms with Gasteiger partial charge >= 0.3 is 0 Å². The van der Waals surface area contributed by atoms with E-state index in [1.54, 1.807) is 0 Å². The molecular formula is C12H12BrClO. The SMILES string of the molecule is CC1CC1C(=O)Cc1ccc(Br)cc1Cl. The number of benzene rings is 1. The molecule has 0 aliphatic heterocycles. The second-order valence-corrected chi connectivity index (χ2v) is 5.52. The fraction of sp³-hybridized carbons (Fsp3) is 0.417. The van der Waals surface area contributed by atoms with E-state index in [9.17, 15) is 4.79 Å². The molecule has 0 amide bonds. The number of carbonyl (C=O) groups excluding carboxylic acids is 1. The number of hydrogen-bond donors (Lipinski definition) is 0. The highest BCUT2D eigenvalue weighted by Crippen LogP contribution is 2.39. The Hall–Kier alpha value is -0.340. The van der Waals surface area contributed by atoms with Gasteiger partial charge in [-0.3, -0.25) is 4.79 Å². The first-order chi connectivity index (χ1) is 7.08. The molecule has 1 aliphatic rings. The summed E-state index contributed by atoms with van der Waals surface area (Å²) in [6.45, 7) is 2.12. The van der Waals surface area contributed by atoms with Crippen LogP contribution in [-0.2, 0) is 11.2 Å². The van der Waals surface area contributed by atoms with Crippen LogP contribution in [0, 0.1) is 11.8 Å². The summed E-state index contributed by atoms with van der Waals surface area (Å²) in [5.41, 5.74) is 0.934. The third-order valence-electron chi connectivity index (χ3n) is 2.90. The van der Waals surface area contributed by atoms with E-state index in [1.807, 2.05) is 18.2 Å². The van der Waals surface area contributed by atoms with Crippen molar-refractivity contribution < 1.29 is 4.79 Å². The van der Waals surface area contributed by atoms with E-state index in [0.29, 0.717) is 23.1 Å². The molecule has 1 aliphatic carbocycles. The highest BCUT2D eigenvalue weighted by atomic mass is 79.9. The summed E-state index contributed by atoms with van der Waals surface area (Å²) in [7, 11) is 0. The lowest BCUT2D eigenvalue weighted by molar-refractivity contribution is -0.119. The summed E-state index contributed by atoms with van der Waals surface area (Å²) in [5.74, 6) is 1.18. The van der Waals surface area contributed by atoms with E-state index >= 15 is 0 Å². The Labute approximate surface area is 103 Å². The fourth-order valence-corrected chi connectivity index (χ4v) is 2.49. The van der Waals surface area contributed by atoms with Crippen LogP contribution in [0.3, 0.4) is 0 Å². The molecule has 3 heteroatoms. The second-order valence-electron chi connectivity index (χ2n) is 4.20. The zero-order valence-electron chi connectivity index (χ0n) is 8.47. The summed E-state index contributed by atoms with van der Waals surface area (Å²) in [6, 6.07) is 5.67. The summed E-state index contributed by atoms with van der Waals surface area (Å²) in [5, 5.41) is 0.672. The number of hydrogen-bond acceptors (Lipinski definition) is 1. The van der Waals surface area contributed by atoms with Crippen molar-refractivity contribution in [2.75, 3.05) is 0 Å². The highest BCUT2D eigenvalue weighted by molar-refractivity contribution is 9.10. The van der Waals surface area contributed by atoms with Crippen LogP contribution < -0.4 is 0 Å². The summed E-state index contributed by atoms with van der Waals surface area (Å²) in [4.78, 5) is 11.8. The molecule has 2 atom stereocenters. The number of ketones is 1. The van der Waals surface area contributed by atoms with Gasteiger partial charge in [0.05, 0.1) is 0 Å². The Kier molecular flexibility index (Phi) is 3.17. The Morgan fingerprint density at radius 3 is 2.80 bits per heavy atom. The smallest absolute Gasteiger partial charge is 0.140 e. The number of halogens is 2.